The smallest absolute Gasteiger partial charge is 0.166 e. The van der Waals surface area contributed by atoms with E-state index >= 15 is 0 Å². The van der Waals surface area contributed by atoms with E-state index in [0.717, 1.165) is 5.57 Å². The van der Waals surface area contributed by atoms with Crippen molar-refractivity contribution in [1.29, 1.82) is 0 Å². The van der Waals surface area contributed by atoms with Gasteiger partial charge in [0.2, 0.25) is 0 Å². The molecule has 0 nitrogen and oxygen atoms in total. The van der Waals surface area contributed by atoms with Gasteiger partial charge in [0.05, 0.1) is 0 Å². The van der Waals surface area contributed by atoms with E-state index in [-0.39, 0.29) is 16.7 Å². The topological polar surface area (TPSA) is 0 Å². The summed E-state index contributed by atoms with van der Waals surface area (Å²) in [6.07, 6.45) is 6.70. The zero-order chi connectivity index (χ0) is 17.4. The van der Waals surface area contributed by atoms with Crippen LogP contribution >= 0.6 is 0 Å². The minimum atomic E-state index is -1.06. The van der Waals surface area contributed by atoms with Crippen molar-refractivity contribution in [2.24, 2.45) is 0 Å². The van der Waals surface area contributed by atoms with E-state index < -0.39 is 11.7 Å². The average molecular weight is 300 g/mol. The Balaban J connectivity index is 5.00. The maximum atomic E-state index is 13.8. The van der Waals surface area contributed by atoms with Crippen molar-refractivity contribution in [3.05, 3.63) is 109 Å². The van der Waals surface area contributed by atoms with Crippen molar-refractivity contribution < 1.29 is 8.78 Å². The summed E-state index contributed by atoms with van der Waals surface area (Å²) < 4.78 is 27.2. The third-order valence-electron chi connectivity index (χ3n) is 2.69. The standard InChI is InChI=1S/C20H22F2/c1-13(2)9-10-15(5)16(6)11-12-17(7)18(8)20(22)19(21)14(3)4/h9-12H,1,3,5-8H2,2,4H3/b10-9-,12-11-,20-19-. The largest absolute Gasteiger partial charge is 0.203 e. The number of hydrogen-bond acceptors (Lipinski definition) is 0. The first-order valence-electron chi connectivity index (χ1n) is 6.57. The van der Waals surface area contributed by atoms with Crippen LogP contribution in [-0.2, 0) is 0 Å². The van der Waals surface area contributed by atoms with Gasteiger partial charge in [0, 0.05) is 5.57 Å². The number of hydrogen-bond donors (Lipinski definition) is 0. The third kappa shape index (κ3) is 6.31. The average Bonchev–Trinajstić information content (AvgIpc) is 2.46. The fourth-order valence-corrected chi connectivity index (χ4v) is 1.22. The van der Waals surface area contributed by atoms with Crippen LogP contribution in [0.5, 0.6) is 0 Å². The number of halogens is 2. The van der Waals surface area contributed by atoms with Gasteiger partial charge in [0.25, 0.3) is 0 Å². The zero-order valence-electron chi connectivity index (χ0n) is 13.3. The lowest BCUT2D eigenvalue weighted by atomic mass is 10.0. The van der Waals surface area contributed by atoms with E-state index in [4.69, 9.17) is 0 Å². The van der Waals surface area contributed by atoms with Crippen LogP contribution in [0.15, 0.2) is 109 Å². The van der Waals surface area contributed by atoms with E-state index in [9.17, 15) is 8.78 Å². The molecule has 0 fully saturated rings. The Morgan fingerprint density at radius 1 is 0.636 bits per heavy atom. The Morgan fingerprint density at radius 2 is 1.05 bits per heavy atom. The summed E-state index contributed by atoms with van der Waals surface area (Å²) in [6, 6.07) is 0. The fourth-order valence-electron chi connectivity index (χ4n) is 1.22. The highest BCUT2D eigenvalue weighted by atomic mass is 19.2. The molecular formula is C20H22F2. The van der Waals surface area contributed by atoms with Crippen LogP contribution in [0, 0.1) is 0 Å². The minimum Gasteiger partial charge on any atom is -0.203 e. The predicted octanol–water partition coefficient (Wildman–Crippen LogP) is 6.63. The summed E-state index contributed by atoms with van der Waals surface area (Å²) in [5.41, 5.74) is 2.30. The van der Waals surface area contributed by atoms with E-state index in [1.54, 1.807) is 18.2 Å². The molecule has 0 saturated carbocycles. The van der Waals surface area contributed by atoms with Gasteiger partial charge in [-0.15, -0.1) is 0 Å². The number of rotatable bonds is 8. The van der Waals surface area contributed by atoms with Crippen molar-refractivity contribution >= 4 is 0 Å². The Bertz CT molecular complexity index is 635. The maximum Gasteiger partial charge on any atom is 0.166 e. The summed E-state index contributed by atoms with van der Waals surface area (Å²) in [5, 5.41) is 0. The lowest BCUT2D eigenvalue weighted by Gasteiger charge is -2.05. The van der Waals surface area contributed by atoms with Gasteiger partial charge in [0.1, 0.15) is 0 Å². The zero-order valence-corrected chi connectivity index (χ0v) is 13.3. The molecule has 22 heavy (non-hydrogen) atoms. The van der Waals surface area contributed by atoms with Crippen LogP contribution in [-0.4, -0.2) is 0 Å². The minimum absolute atomic E-state index is 0.00171. The molecule has 0 amide bonds. The normalized spacial score (nSPS) is 12.2. The van der Waals surface area contributed by atoms with Gasteiger partial charge < -0.3 is 0 Å². The van der Waals surface area contributed by atoms with E-state index in [1.165, 1.54) is 13.0 Å². The Labute approximate surface area is 132 Å². The van der Waals surface area contributed by atoms with Crippen molar-refractivity contribution in [1.82, 2.24) is 0 Å². The lowest BCUT2D eigenvalue weighted by Crippen LogP contribution is -1.90. The molecule has 2 heteroatoms. The van der Waals surface area contributed by atoms with Crippen molar-refractivity contribution in [2.75, 3.05) is 0 Å². The SMILES string of the molecule is C=C(C)/C=C\C(=C)C(=C)/C=C\C(=C)C(=C)/C(F)=C(/F)C(=C)C. The summed E-state index contributed by atoms with van der Waals surface area (Å²) >= 11 is 0. The van der Waals surface area contributed by atoms with Gasteiger partial charge in [0.15, 0.2) is 11.7 Å². The van der Waals surface area contributed by atoms with Crippen molar-refractivity contribution in [2.45, 2.75) is 13.8 Å². The Hall–Kier alpha value is -2.48. The van der Waals surface area contributed by atoms with E-state index in [0.29, 0.717) is 11.1 Å². The van der Waals surface area contributed by atoms with Crippen molar-refractivity contribution in [3.63, 3.8) is 0 Å². The maximum absolute atomic E-state index is 13.8. The summed E-state index contributed by atoms with van der Waals surface area (Å²) in [7, 11) is 0. The molecule has 0 heterocycles. The summed E-state index contributed by atoms with van der Waals surface area (Å²) in [6.45, 7) is 25.2. The molecule has 0 aromatic rings. The third-order valence-corrected chi connectivity index (χ3v) is 2.69. The molecule has 0 aliphatic heterocycles. The van der Waals surface area contributed by atoms with Gasteiger partial charge in [-0.05, 0) is 36.1 Å². The first kappa shape index (κ1) is 19.5. The number of allylic oxidation sites excluding steroid dienone is 12. The molecule has 0 bridgehead atoms. The Morgan fingerprint density at radius 3 is 1.45 bits per heavy atom. The molecule has 0 aromatic heterocycles. The molecule has 116 valence electrons. The summed E-state index contributed by atoms with van der Waals surface area (Å²) in [4.78, 5) is 0. The molecule has 0 aliphatic rings. The van der Waals surface area contributed by atoms with Crippen molar-refractivity contribution in [3.8, 4) is 0 Å². The van der Waals surface area contributed by atoms with Gasteiger partial charge in [-0.1, -0.05) is 69.4 Å². The molecule has 0 spiro atoms. The van der Waals surface area contributed by atoms with Gasteiger partial charge in [-0.2, -0.15) is 0 Å². The molecule has 0 N–H and O–H groups in total. The van der Waals surface area contributed by atoms with Crippen LogP contribution < -0.4 is 0 Å². The first-order valence-corrected chi connectivity index (χ1v) is 6.57. The molecule has 0 rings (SSSR count). The van der Waals surface area contributed by atoms with Crippen LogP contribution in [0.1, 0.15) is 13.8 Å². The molecule has 0 aromatic carbocycles. The second-order valence-corrected chi connectivity index (χ2v) is 4.98. The van der Waals surface area contributed by atoms with Crippen LogP contribution in [0.4, 0.5) is 8.78 Å². The molecule has 0 atom stereocenters. The highest BCUT2D eigenvalue weighted by Crippen LogP contribution is 2.26. The first-order chi connectivity index (χ1) is 10.1. The summed E-state index contributed by atoms with van der Waals surface area (Å²) in [5.74, 6) is -2.08. The van der Waals surface area contributed by atoms with Gasteiger partial charge in [-0.25, -0.2) is 8.78 Å². The molecular weight excluding hydrogens is 278 g/mol. The predicted molar refractivity (Wildman–Crippen MR) is 93.7 cm³/mol. The lowest BCUT2D eigenvalue weighted by molar-refractivity contribution is 0.558. The molecule has 0 unspecified atom stereocenters. The van der Waals surface area contributed by atoms with Gasteiger partial charge in [-0.3, -0.25) is 0 Å². The van der Waals surface area contributed by atoms with Crippen LogP contribution in [0.2, 0.25) is 0 Å². The highest BCUT2D eigenvalue weighted by molar-refractivity contribution is 5.52. The van der Waals surface area contributed by atoms with Crippen LogP contribution in [0.25, 0.3) is 0 Å². The second kappa shape index (κ2) is 8.73. The highest BCUT2D eigenvalue weighted by Gasteiger charge is 2.12. The fraction of sp³-hybridized carbons (Fsp3) is 0.100. The Kier molecular flexibility index (Phi) is 7.74. The quantitative estimate of drug-likeness (QED) is 0.441. The van der Waals surface area contributed by atoms with Gasteiger partial charge >= 0.3 is 0 Å². The van der Waals surface area contributed by atoms with E-state index in [2.05, 4.69) is 39.5 Å². The van der Waals surface area contributed by atoms with E-state index in [1.807, 2.05) is 6.92 Å². The second-order valence-electron chi connectivity index (χ2n) is 4.98. The monoisotopic (exact) mass is 300 g/mol. The molecule has 0 aliphatic carbocycles. The molecule has 0 saturated heterocycles. The van der Waals surface area contributed by atoms with Crippen LogP contribution in [0.3, 0.4) is 0 Å². The molecule has 0 radical (unpaired) electrons.